The molecule has 2 nitrogen and oxygen atoms in total. The van der Waals surface area contributed by atoms with E-state index in [0.717, 1.165) is 17.0 Å². The second-order valence-corrected chi connectivity index (χ2v) is 6.53. The Bertz CT molecular complexity index is 775. The highest BCUT2D eigenvalue weighted by Crippen LogP contribution is 2.37. The minimum Gasteiger partial charge on any atom is -0.345 e. The quantitative estimate of drug-likeness (QED) is 0.783. The van der Waals surface area contributed by atoms with Gasteiger partial charge < -0.3 is 5.32 Å². The second kappa shape index (κ2) is 6.47. The topological polar surface area (TPSA) is 29.1 Å². The summed E-state index contributed by atoms with van der Waals surface area (Å²) in [5.41, 5.74) is -0.808. The molecule has 2 aromatic rings. The lowest BCUT2D eigenvalue weighted by molar-refractivity contribution is -0.137. The van der Waals surface area contributed by atoms with Gasteiger partial charge >= 0.3 is 6.18 Å². The molecule has 1 aliphatic heterocycles. The average Bonchev–Trinajstić information content (AvgIpc) is 2.54. The van der Waals surface area contributed by atoms with Crippen LogP contribution in [0.3, 0.4) is 0 Å². The number of carbonyl (C=O) groups excluding carboxylic acids is 1. The van der Waals surface area contributed by atoms with Crippen molar-refractivity contribution in [2.45, 2.75) is 23.5 Å². The second-order valence-electron chi connectivity index (χ2n) is 5.39. The van der Waals surface area contributed by atoms with Crippen LogP contribution in [0, 0.1) is 5.82 Å². The number of carbonyl (C=O) groups is 1. The molecule has 0 radical (unpaired) electrons. The number of benzene rings is 2. The van der Waals surface area contributed by atoms with Crippen molar-refractivity contribution in [2.24, 2.45) is 0 Å². The Kier molecular flexibility index (Phi) is 4.54. The van der Waals surface area contributed by atoms with Crippen LogP contribution in [0.15, 0.2) is 47.4 Å². The summed E-state index contributed by atoms with van der Waals surface area (Å²) in [6, 6.07) is 8.40. The van der Waals surface area contributed by atoms with Crippen molar-refractivity contribution in [3.63, 3.8) is 0 Å². The molecule has 1 atom stereocenters. The number of nitrogens with one attached hydrogen (secondary N) is 1. The Labute approximate surface area is 140 Å². The highest BCUT2D eigenvalue weighted by molar-refractivity contribution is 7.99. The zero-order valence-electron chi connectivity index (χ0n) is 12.4. The maximum absolute atomic E-state index is 13.5. The van der Waals surface area contributed by atoms with Crippen LogP contribution in [0.2, 0.25) is 0 Å². The normalized spacial score (nSPS) is 17.2. The number of fused-ring (bicyclic) bond motifs is 1. The number of hydrogen-bond acceptors (Lipinski definition) is 2. The van der Waals surface area contributed by atoms with Crippen LogP contribution < -0.4 is 5.32 Å². The van der Waals surface area contributed by atoms with E-state index in [1.54, 1.807) is 6.07 Å². The Morgan fingerprint density at radius 1 is 1.17 bits per heavy atom. The molecule has 0 saturated heterocycles. The molecule has 7 heteroatoms. The third-order valence-electron chi connectivity index (χ3n) is 3.79. The summed E-state index contributed by atoms with van der Waals surface area (Å²) in [5, 5.41) is 2.61. The fraction of sp³-hybridized carbons (Fsp3) is 0.235. The number of thioether (sulfide) groups is 1. The molecule has 0 unspecified atom stereocenters. The molecular weight excluding hydrogens is 342 g/mol. The minimum absolute atomic E-state index is 0.429. The van der Waals surface area contributed by atoms with Crippen LogP contribution in [-0.2, 0) is 6.18 Å². The van der Waals surface area contributed by atoms with E-state index in [1.807, 2.05) is 0 Å². The number of alkyl halides is 3. The molecule has 3 rings (SSSR count). The van der Waals surface area contributed by atoms with E-state index in [9.17, 15) is 22.4 Å². The standard InChI is InChI=1S/C17H13F4NOS/c18-10-5-6-15-12(9-10)14(7-8-24-15)22-16(23)11-3-1-2-4-13(11)17(19,20)21/h1-6,9,14H,7-8H2,(H,22,23)/t14-/m1/s1. The van der Waals surface area contributed by atoms with Gasteiger partial charge in [-0.3, -0.25) is 4.79 Å². The van der Waals surface area contributed by atoms with Gasteiger partial charge in [-0.05, 0) is 42.3 Å². The molecule has 0 spiro atoms. The summed E-state index contributed by atoms with van der Waals surface area (Å²) >= 11 is 1.53. The van der Waals surface area contributed by atoms with Gasteiger partial charge in [-0.25, -0.2) is 4.39 Å². The number of rotatable bonds is 2. The van der Waals surface area contributed by atoms with Gasteiger partial charge in [-0.15, -0.1) is 11.8 Å². The largest absolute Gasteiger partial charge is 0.417 e. The Morgan fingerprint density at radius 2 is 1.92 bits per heavy atom. The predicted molar refractivity (Wildman–Crippen MR) is 83.4 cm³/mol. The maximum Gasteiger partial charge on any atom is 0.417 e. The first-order chi connectivity index (χ1) is 11.4. The van der Waals surface area contributed by atoms with Crippen LogP contribution in [0.25, 0.3) is 0 Å². The summed E-state index contributed by atoms with van der Waals surface area (Å²) < 4.78 is 52.6. The molecule has 0 fully saturated rings. The van der Waals surface area contributed by atoms with E-state index >= 15 is 0 Å². The van der Waals surface area contributed by atoms with Gasteiger partial charge in [0, 0.05) is 10.6 Å². The van der Waals surface area contributed by atoms with Crippen molar-refractivity contribution in [2.75, 3.05) is 5.75 Å². The summed E-state index contributed by atoms with van der Waals surface area (Å²) in [4.78, 5) is 13.2. The van der Waals surface area contributed by atoms with E-state index in [4.69, 9.17) is 0 Å². The van der Waals surface area contributed by atoms with Gasteiger partial charge in [-0.1, -0.05) is 12.1 Å². The molecule has 24 heavy (non-hydrogen) atoms. The van der Waals surface area contributed by atoms with E-state index in [-0.39, 0.29) is 0 Å². The third kappa shape index (κ3) is 3.40. The van der Waals surface area contributed by atoms with E-state index in [2.05, 4.69) is 5.32 Å². The van der Waals surface area contributed by atoms with Gasteiger partial charge in [0.1, 0.15) is 5.82 Å². The first-order valence-corrected chi connectivity index (χ1v) is 8.24. The molecule has 0 aliphatic carbocycles. The Balaban J connectivity index is 1.89. The van der Waals surface area contributed by atoms with Gasteiger partial charge in [0.2, 0.25) is 0 Å². The Hall–Kier alpha value is -2.02. The van der Waals surface area contributed by atoms with Gasteiger partial charge in [0.25, 0.3) is 5.91 Å². The predicted octanol–water partition coefficient (Wildman–Crippen LogP) is 4.81. The van der Waals surface area contributed by atoms with Gasteiger partial charge in [0.15, 0.2) is 0 Å². The molecule has 1 N–H and O–H groups in total. The highest BCUT2D eigenvalue weighted by Gasteiger charge is 2.35. The van der Waals surface area contributed by atoms with E-state index < -0.39 is 35.1 Å². The van der Waals surface area contributed by atoms with Crippen LogP contribution in [-0.4, -0.2) is 11.7 Å². The van der Waals surface area contributed by atoms with E-state index in [0.29, 0.717) is 17.7 Å². The minimum atomic E-state index is -4.61. The smallest absolute Gasteiger partial charge is 0.345 e. The third-order valence-corrected chi connectivity index (χ3v) is 4.92. The van der Waals surface area contributed by atoms with Crippen LogP contribution >= 0.6 is 11.8 Å². The van der Waals surface area contributed by atoms with Crippen molar-refractivity contribution in [3.05, 3.63) is 65.0 Å². The first-order valence-electron chi connectivity index (χ1n) is 7.25. The van der Waals surface area contributed by atoms with E-state index in [1.165, 1.54) is 36.0 Å². The number of amides is 1. The fourth-order valence-corrected chi connectivity index (χ4v) is 3.79. The van der Waals surface area contributed by atoms with Gasteiger partial charge in [0.05, 0.1) is 17.2 Å². The number of hydrogen-bond donors (Lipinski definition) is 1. The lowest BCUT2D eigenvalue weighted by Gasteiger charge is -2.26. The molecular formula is C17H13F4NOS. The maximum atomic E-state index is 13.5. The molecule has 0 bridgehead atoms. The van der Waals surface area contributed by atoms with Crippen molar-refractivity contribution in [1.29, 1.82) is 0 Å². The van der Waals surface area contributed by atoms with Gasteiger partial charge in [-0.2, -0.15) is 13.2 Å². The van der Waals surface area contributed by atoms with Crippen LogP contribution in [0.5, 0.6) is 0 Å². The lowest BCUT2D eigenvalue weighted by atomic mass is 10.0. The molecule has 1 amide bonds. The zero-order chi connectivity index (χ0) is 17.3. The van der Waals surface area contributed by atoms with Crippen molar-refractivity contribution < 1.29 is 22.4 Å². The van der Waals surface area contributed by atoms with Crippen LogP contribution in [0.1, 0.15) is 33.9 Å². The van der Waals surface area contributed by atoms with Crippen molar-refractivity contribution in [3.8, 4) is 0 Å². The lowest BCUT2D eigenvalue weighted by Crippen LogP contribution is -2.32. The molecule has 126 valence electrons. The molecule has 2 aromatic carbocycles. The fourth-order valence-electron chi connectivity index (χ4n) is 2.68. The summed E-state index contributed by atoms with van der Waals surface area (Å²) in [6.07, 6.45) is -4.08. The summed E-state index contributed by atoms with van der Waals surface area (Å²) in [7, 11) is 0. The zero-order valence-corrected chi connectivity index (χ0v) is 13.2. The molecule has 1 aliphatic rings. The molecule has 1 heterocycles. The average molecular weight is 355 g/mol. The number of halogens is 4. The van der Waals surface area contributed by atoms with Crippen molar-refractivity contribution >= 4 is 17.7 Å². The highest BCUT2D eigenvalue weighted by atomic mass is 32.2. The Morgan fingerprint density at radius 3 is 2.67 bits per heavy atom. The summed E-state index contributed by atoms with van der Waals surface area (Å²) in [5.74, 6) is -0.550. The monoisotopic (exact) mass is 355 g/mol. The van der Waals surface area contributed by atoms with Crippen LogP contribution in [0.4, 0.5) is 17.6 Å². The SMILES string of the molecule is O=C(N[C@@H]1CCSc2ccc(F)cc21)c1ccccc1C(F)(F)F. The molecule has 0 aromatic heterocycles. The van der Waals surface area contributed by atoms with Crippen molar-refractivity contribution in [1.82, 2.24) is 5.32 Å². The summed E-state index contributed by atoms with van der Waals surface area (Å²) in [6.45, 7) is 0. The molecule has 0 saturated carbocycles. The first kappa shape index (κ1) is 16.8.